The Kier molecular flexibility index (Phi) is 3.67. The molecule has 0 N–H and O–H groups in total. The molecule has 2 nitrogen and oxygen atoms in total. The molecule has 0 heterocycles. The molecule has 0 bridgehead atoms. The van der Waals surface area contributed by atoms with E-state index in [1.807, 2.05) is 0 Å². The van der Waals surface area contributed by atoms with Gasteiger partial charge in [-0.3, -0.25) is 0 Å². The summed E-state index contributed by atoms with van der Waals surface area (Å²) in [7, 11) is -0.612. The minimum Gasteiger partial charge on any atom is -0.379 e. The highest BCUT2D eigenvalue weighted by Gasteiger charge is 2.12. The van der Waals surface area contributed by atoms with Gasteiger partial charge in [0, 0.05) is 7.11 Å². The first-order chi connectivity index (χ1) is 4.52. The standard InChI is InChI=1S/C7H13O2P/c1-5-7(6-9-2)10(3,4)8/h1,6H2,2-4H3. The lowest BCUT2D eigenvalue weighted by molar-refractivity contribution is 0.230. The molecule has 58 valence electrons. The van der Waals surface area contributed by atoms with Crippen LogP contribution in [0, 0.1) is 0 Å². The summed E-state index contributed by atoms with van der Waals surface area (Å²) in [4.78, 5) is 0. The summed E-state index contributed by atoms with van der Waals surface area (Å²) < 4.78 is 16.1. The van der Waals surface area contributed by atoms with Gasteiger partial charge in [-0.1, -0.05) is 6.58 Å². The lowest BCUT2D eigenvalue weighted by Crippen LogP contribution is -1.92. The lowest BCUT2D eigenvalue weighted by atomic mass is 10.6. The van der Waals surface area contributed by atoms with Crippen LogP contribution in [0.25, 0.3) is 0 Å². The van der Waals surface area contributed by atoms with E-state index in [0.29, 0.717) is 11.9 Å². The van der Waals surface area contributed by atoms with Crippen molar-refractivity contribution in [2.45, 2.75) is 0 Å². The third-order valence-electron chi connectivity index (χ3n) is 1.14. The van der Waals surface area contributed by atoms with Crippen molar-refractivity contribution in [2.24, 2.45) is 0 Å². The molecule has 10 heavy (non-hydrogen) atoms. The topological polar surface area (TPSA) is 26.3 Å². The maximum Gasteiger partial charge on any atom is 0.115 e. The molecule has 0 spiro atoms. The van der Waals surface area contributed by atoms with Crippen molar-refractivity contribution >= 4 is 7.14 Å². The van der Waals surface area contributed by atoms with Crippen molar-refractivity contribution in [3.05, 3.63) is 17.6 Å². The van der Waals surface area contributed by atoms with E-state index in [2.05, 4.69) is 12.3 Å². The second-order valence-corrected chi connectivity index (χ2v) is 5.65. The SMILES string of the molecule is C=C=C(COC)P(C)(C)=O. The molecule has 0 aliphatic rings. The molecule has 0 aromatic heterocycles. The van der Waals surface area contributed by atoms with Gasteiger partial charge in [0.1, 0.15) is 7.14 Å². The van der Waals surface area contributed by atoms with E-state index in [0.717, 1.165) is 0 Å². The first-order valence-corrected chi connectivity index (χ1v) is 5.56. The molecule has 0 amide bonds. The van der Waals surface area contributed by atoms with Crippen molar-refractivity contribution in [3.8, 4) is 0 Å². The van der Waals surface area contributed by atoms with Crippen molar-refractivity contribution in [2.75, 3.05) is 27.0 Å². The van der Waals surface area contributed by atoms with Crippen LogP contribution in [-0.4, -0.2) is 27.0 Å². The Hall–Kier alpha value is -0.290. The Labute approximate surface area is 62.0 Å². The Morgan fingerprint density at radius 1 is 1.70 bits per heavy atom. The van der Waals surface area contributed by atoms with Gasteiger partial charge in [0.25, 0.3) is 0 Å². The second-order valence-electron chi connectivity index (χ2n) is 2.41. The molecule has 0 unspecified atom stereocenters. The molecule has 0 aromatic rings. The van der Waals surface area contributed by atoms with Crippen LogP contribution in [0.5, 0.6) is 0 Å². The molecule has 0 rings (SSSR count). The smallest absolute Gasteiger partial charge is 0.115 e. The fraction of sp³-hybridized carbons (Fsp3) is 0.571. The minimum absolute atomic E-state index is 0.369. The third-order valence-corrected chi connectivity index (χ3v) is 2.72. The largest absolute Gasteiger partial charge is 0.379 e. The van der Waals surface area contributed by atoms with Crippen LogP contribution in [0.3, 0.4) is 0 Å². The van der Waals surface area contributed by atoms with Crippen molar-refractivity contribution in [1.82, 2.24) is 0 Å². The zero-order valence-electron chi connectivity index (χ0n) is 6.68. The van der Waals surface area contributed by atoms with Crippen LogP contribution < -0.4 is 0 Å². The molecule has 0 saturated carbocycles. The van der Waals surface area contributed by atoms with Gasteiger partial charge in [0.15, 0.2) is 0 Å². The van der Waals surface area contributed by atoms with E-state index >= 15 is 0 Å². The number of hydrogen-bond donors (Lipinski definition) is 0. The van der Waals surface area contributed by atoms with Crippen LogP contribution in [0.15, 0.2) is 17.6 Å². The Balaban J connectivity index is 4.41. The van der Waals surface area contributed by atoms with Gasteiger partial charge in [-0.15, -0.1) is 5.73 Å². The summed E-state index contributed by atoms with van der Waals surface area (Å²) in [5.74, 6) is 0. The van der Waals surface area contributed by atoms with E-state index in [-0.39, 0.29) is 0 Å². The molecule has 0 aliphatic carbocycles. The molecular formula is C7H13O2P. The number of ether oxygens (including phenoxy) is 1. The van der Waals surface area contributed by atoms with Gasteiger partial charge in [-0.05, 0) is 13.3 Å². The van der Waals surface area contributed by atoms with Crippen LogP contribution in [0.2, 0.25) is 0 Å². The fourth-order valence-electron chi connectivity index (χ4n) is 0.534. The average molecular weight is 160 g/mol. The first-order valence-electron chi connectivity index (χ1n) is 2.95. The summed E-state index contributed by atoms with van der Waals surface area (Å²) >= 11 is 0. The molecule has 3 heteroatoms. The minimum atomic E-state index is -2.17. The van der Waals surface area contributed by atoms with Crippen LogP contribution in [-0.2, 0) is 9.30 Å². The third kappa shape index (κ3) is 3.03. The molecule has 0 aromatic carbocycles. The highest BCUT2D eigenvalue weighted by atomic mass is 31.2. The predicted octanol–water partition coefficient (Wildman–Crippen LogP) is 1.92. The Morgan fingerprint density at radius 2 is 2.20 bits per heavy atom. The van der Waals surface area contributed by atoms with E-state index in [9.17, 15) is 4.57 Å². The summed E-state index contributed by atoms with van der Waals surface area (Å²) in [5.41, 5.74) is 2.62. The summed E-state index contributed by atoms with van der Waals surface area (Å²) in [6, 6.07) is 0. The fourth-order valence-corrected chi connectivity index (χ4v) is 1.35. The monoisotopic (exact) mass is 160 g/mol. The molecule has 0 aliphatic heterocycles. The number of methoxy groups -OCH3 is 1. The molecular weight excluding hydrogens is 147 g/mol. The maximum atomic E-state index is 11.3. The van der Waals surface area contributed by atoms with Gasteiger partial charge in [-0.25, -0.2) is 0 Å². The van der Waals surface area contributed by atoms with Crippen LogP contribution in [0.1, 0.15) is 0 Å². The van der Waals surface area contributed by atoms with Gasteiger partial charge in [0.2, 0.25) is 0 Å². The van der Waals surface area contributed by atoms with Gasteiger partial charge >= 0.3 is 0 Å². The maximum absolute atomic E-state index is 11.3. The Bertz CT molecular complexity index is 196. The summed E-state index contributed by atoms with van der Waals surface area (Å²) in [5, 5.41) is 0.676. The lowest BCUT2D eigenvalue weighted by Gasteiger charge is -2.07. The summed E-state index contributed by atoms with van der Waals surface area (Å²) in [6.45, 7) is 7.16. The van der Waals surface area contributed by atoms with Crippen molar-refractivity contribution < 1.29 is 9.30 Å². The van der Waals surface area contributed by atoms with Crippen molar-refractivity contribution in [3.63, 3.8) is 0 Å². The molecule has 0 saturated heterocycles. The zero-order valence-corrected chi connectivity index (χ0v) is 7.57. The van der Waals surface area contributed by atoms with Gasteiger partial charge in [-0.2, -0.15) is 0 Å². The number of rotatable bonds is 3. The highest BCUT2D eigenvalue weighted by molar-refractivity contribution is 7.66. The normalized spacial score (nSPS) is 10.7. The van der Waals surface area contributed by atoms with Gasteiger partial charge in [0.05, 0.1) is 11.9 Å². The van der Waals surface area contributed by atoms with Crippen LogP contribution in [0.4, 0.5) is 0 Å². The quantitative estimate of drug-likeness (QED) is 0.465. The molecule has 0 radical (unpaired) electrons. The average Bonchev–Trinajstić information content (AvgIpc) is 1.80. The second kappa shape index (κ2) is 3.78. The Morgan fingerprint density at radius 3 is 2.30 bits per heavy atom. The van der Waals surface area contributed by atoms with E-state index < -0.39 is 7.14 Å². The van der Waals surface area contributed by atoms with E-state index in [1.165, 1.54) is 0 Å². The first kappa shape index (κ1) is 9.71. The summed E-state index contributed by atoms with van der Waals surface area (Å²) in [6.07, 6.45) is 0. The number of hydrogen-bond acceptors (Lipinski definition) is 2. The van der Waals surface area contributed by atoms with E-state index in [4.69, 9.17) is 4.74 Å². The van der Waals surface area contributed by atoms with Crippen molar-refractivity contribution in [1.29, 1.82) is 0 Å². The predicted molar refractivity (Wildman–Crippen MR) is 44.0 cm³/mol. The zero-order chi connectivity index (χ0) is 8.20. The van der Waals surface area contributed by atoms with Crippen LogP contribution >= 0.6 is 7.14 Å². The molecule has 0 atom stereocenters. The van der Waals surface area contributed by atoms with Gasteiger partial charge < -0.3 is 9.30 Å². The highest BCUT2D eigenvalue weighted by Crippen LogP contribution is 2.45. The van der Waals surface area contributed by atoms with E-state index in [1.54, 1.807) is 20.4 Å². The molecule has 0 fully saturated rings.